The van der Waals surface area contributed by atoms with Crippen LogP contribution in [0, 0.1) is 0 Å². The third kappa shape index (κ3) is 7.56. The monoisotopic (exact) mass is 467 g/mol. The zero-order valence-electron chi connectivity index (χ0n) is 16.8. The second-order valence-electron chi connectivity index (χ2n) is 7.15. The second-order valence-corrected chi connectivity index (χ2v) is 20.4. The van der Waals surface area contributed by atoms with E-state index in [-0.39, 0.29) is 11.9 Å². The van der Waals surface area contributed by atoms with Crippen molar-refractivity contribution in [3.63, 3.8) is 0 Å². The summed E-state index contributed by atoms with van der Waals surface area (Å²) < 4.78 is 6.01. The van der Waals surface area contributed by atoms with Gasteiger partial charge >= 0.3 is 164 Å². The van der Waals surface area contributed by atoms with E-state index in [9.17, 15) is 0 Å². The summed E-state index contributed by atoms with van der Waals surface area (Å²) in [5.41, 5.74) is 17.6. The molecule has 0 amide bonds. The molecular weight excluding hydrogens is 429 g/mol. The predicted octanol–water partition coefficient (Wildman–Crippen LogP) is 3.44. The van der Waals surface area contributed by atoms with Crippen molar-refractivity contribution in [1.82, 2.24) is 0 Å². The van der Waals surface area contributed by atoms with E-state index >= 15 is 0 Å². The van der Waals surface area contributed by atoms with Crippen LogP contribution in [0.3, 0.4) is 0 Å². The van der Waals surface area contributed by atoms with Gasteiger partial charge in [-0.15, -0.1) is 0 Å². The van der Waals surface area contributed by atoms with Crippen LogP contribution in [0.15, 0.2) is 34.3 Å². The van der Waals surface area contributed by atoms with Gasteiger partial charge < -0.3 is 0 Å². The van der Waals surface area contributed by atoms with Crippen LogP contribution in [0.4, 0.5) is 0 Å². The molecule has 0 heterocycles. The van der Waals surface area contributed by atoms with Crippen molar-refractivity contribution in [1.29, 1.82) is 0 Å². The zero-order chi connectivity index (χ0) is 19.4. The van der Waals surface area contributed by atoms with E-state index in [0.29, 0.717) is 6.54 Å². The van der Waals surface area contributed by atoms with Crippen molar-refractivity contribution in [2.24, 2.45) is 27.2 Å². The van der Waals surface area contributed by atoms with E-state index < -0.39 is 18.4 Å². The Bertz CT molecular complexity index is 586. The molecule has 0 saturated carbocycles. The molecule has 1 aromatic carbocycles. The van der Waals surface area contributed by atoms with Crippen LogP contribution >= 0.6 is 0 Å². The SMILES string of the molecule is CCC[CH2][Sn]([CH2]CC)([CH2]CCC)[c]1cccc(CN=C(N)N=C(N)N)c1. The summed E-state index contributed by atoms with van der Waals surface area (Å²) >= 11 is -2.37. The van der Waals surface area contributed by atoms with Gasteiger partial charge in [0.2, 0.25) is 0 Å². The molecule has 26 heavy (non-hydrogen) atoms. The molecule has 0 atom stereocenters. The third-order valence-electron chi connectivity index (χ3n) is 4.95. The van der Waals surface area contributed by atoms with Crippen molar-refractivity contribution in [3.8, 4) is 0 Å². The summed E-state index contributed by atoms with van der Waals surface area (Å²) in [6.07, 6.45) is 6.59. The van der Waals surface area contributed by atoms with Crippen molar-refractivity contribution in [3.05, 3.63) is 29.8 Å². The molecule has 0 aliphatic rings. The molecule has 0 aliphatic heterocycles. The molecule has 0 spiro atoms. The minimum absolute atomic E-state index is 0.0581. The quantitative estimate of drug-likeness (QED) is 0.265. The number of unbranched alkanes of at least 4 members (excludes halogenated alkanes) is 2. The van der Waals surface area contributed by atoms with Crippen LogP contribution in [0.1, 0.15) is 58.4 Å². The van der Waals surface area contributed by atoms with Crippen molar-refractivity contribution >= 4 is 33.9 Å². The Morgan fingerprint density at radius 3 is 2.12 bits per heavy atom. The van der Waals surface area contributed by atoms with Crippen LogP contribution in [0.5, 0.6) is 0 Å². The normalized spacial score (nSPS) is 12.2. The molecule has 0 fully saturated rings. The van der Waals surface area contributed by atoms with Gasteiger partial charge in [-0.05, 0) is 0 Å². The third-order valence-corrected chi connectivity index (χ3v) is 21.0. The van der Waals surface area contributed by atoms with Gasteiger partial charge in [-0.1, -0.05) is 0 Å². The number of benzene rings is 1. The summed E-state index contributed by atoms with van der Waals surface area (Å²) in [7, 11) is 0. The van der Waals surface area contributed by atoms with Gasteiger partial charge in [-0.25, -0.2) is 0 Å². The molecule has 0 radical (unpaired) electrons. The van der Waals surface area contributed by atoms with E-state index in [2.05, 4.69) is 55.0 Å². The Kier molecular flexibility index (Phi) is 10.7. The Labute approximate surface area is 163 Å². The number of nitrogens with two attached hydrogens (primary N) is 3. The zero-order valence-corrected chi connectivity index (χ0v) is 19.7. The second kappa shape index (κ2) is 12.2. The molecule has 1 rings (SSSR count). The Morgan fingerprint density at radius 1 is 0.923 bits per heavy atom. The average molecular weight is 466 g/mol. The topological polar surface area (TPSA) is 103 Å². The molecule has 5 nitrogen and oxygen atoms in total. The molecule has 0 unspecified atom stereocenters. The standard InChI is InChI=1S/C9H12N5.2C4H9.C3H7.Sn/c10-8(11)14-9(12)13-6-7-4-2-1-3-5-7;2*1-3-4-2;1-3-2;/h1-2,4-5H,6H2,(H6,10,11,12,13,14);2*1,3-4H2,2H3;1,3H2,2H3;. The van der Waals surface area contributed by atoms with E-state index in [1.54, 1.807) is 3.58 Å². The number of hydrogen-bond acceptors (Lipinski definition) is 1. The van der Waals surface area contributed by atoms with Gasteiger partial charge in [-0.3, -0.25) is 0 Å². The fraction of sp³-hybridized carbons (Fsp3) is 0.600. The fourth-order valence-electron chi connectivity index (χ4n) is 3.66. The minimum atomic E-state index is -2.37. The van der Waals surface area contributed by atoms with Crippen LogP contribution in [0.25, 0.3) is 0 Å². The Morgan fingerprint density at radius 2 is 1.58 bits per heavy atom. The maximum atomic E-state index is 5.74. The van der Waals surface area contributed by atoms with Gasteiger partial charge in [-0.2, -0.15) is 0 Å². The van der Waals surface area contributed by atoms with Gasteiger partial charge in [0, 0.05) is 0 Å². The van der Waals surface area contributed by atoms with Crippen LogP contribution in [0.2, 0.25) is 13.3 Å². The number of rotatable bonds is 11. The molecule has 0 saturated heterocycles. The first kappa shape index (κ1) is 22.8. The molecule has 0 bridgehead atoms. The van der Waals surface area contributed by atoms with E-state index in [1.807, 2.05) is 0 Å². The van der Waals surface area contributed by atoms with Gasteiger partial charge in [0.1, 0.15) is 0 Å². The number of guanidine groups is 2. The first-order valence-electron chi connectivity index (χ1n) is 9.96. The number of aliphatic imine (C=N–C) groups is 2. The first-order valence-corrected chi connectivity index (χ1v) is 17.4. The fourth-order valence-corrected chi connectivity index (χ4v) is 19.6. The van der Waals surface area contributed by atoms with Gasteiger partial charge in [0.25, 0.3) is 0 Å². The molecule has 1 aromatic rings. The van der Waals surface area contributed by atoms with Crippen molar-refractivity contribution < 1.29 is 0 Å². The summed E-state index contributed by atoms with van der Waals surface area (Å²) in [4.78, 5) is 8.09. The number of nitrogens with zero attached hydrogens (tertiary/aromatic N) is 2. The predicted molar refractivity (Wildman–Crippen MR) is 117 cm³/mol. The molecular formula is C20H37N5Sn. The van der Waals surface area contributed by atoms with Gasteiger partial charge in [0.05, 0.1) is 0 Å². The number of hydrogen-bond donors (Lipinski definition) is 3. The average Bonchev–Trinajstić information content (AvgIpc) is 2.62. The first-order chi connectivity index (χ1) is 12.5. The molecule has 0 aromatic heterocycles. The van der Waals surface area contributed by atoms with Crippen LogP contribution in [-0.2, 0) is 6.54 Å². The Balaban J connectivity index is 3.11. The molecule has 6 N–H and O–H groups in total. The van der Waals surface area contributed by atoms with Crippen molar-refractivity contribution in [2.45, 2.75) is 72.7 Å². The van der Waals surface area contributed by atoms with Crippen LogP contribution < -0.4 is 20.8 Å². The summed E-state index contributed by atoms with van der Waals surface area (Å²) in [5, 5.41) is 0. The van der Waals surface area contributed by atoms with E-state index in [1.165, 1.54) is 51.0 Å². The summed E-state index contributed by atoms with van der Waals surface area (Å²) in [5.74, 6) is 0.0769. The maximum absolute atomic E-state index is 5.74. The molecule has 6 heteroatoms. The van der Waals surface area contributed by atoms with E-state index in [0.717, 1.165) is 0 Å². The summed E-state index contributed by atoms with van der Waals surface area (Å²) in [6, 6.07) is 9.08. The van der Waals surface area contributed by atoms with Crippen molar-refractivity contribution in [2.75, 3.05) is 0 Å². The molecule has 146 valence electrons. The molecule has 0 aliphatic carbocycles. The van der Waals surface area contributed by atoms with E-state index in [4.69, 9.17) is 17.2 Å². The van der Waals surface area contributed by atoms with Gasteiger partial charge in [0.15, 0.2) is 0 Å². The summed E-state index contributed by atoms with van der Waals surface area (Å²) in [6.45, 7) is 7.47. The Hall–Kier alpha value is -1.24. The van der Waals surface area contributed by atoms with Crippen LogP contribution in [-0.4, -0.2) is 30.3 Å².